The Morgan fingerprint density at radius 1 is 1.32 bits per heavy atom. The highest BCUT2D eigenvalue weighted by atomic mass is 35.5. The Morgan fingerprint density at radius 3 is 2.84 bits per heavy atom. The van der Waals surface area contributed by atoms with Gasteiger partial charge in [-0.25, -0.2) is 0 Å². The molecular formula is C15H13ClN2O. The number of nitrogens with one attached hydrogen (secondary N) is 1. The number of carbonyl (C=O) groups excluding carboxylic acids is 1. The minimum absolute atomic E-state index is 0.198. The molecule has 0 aliphatic heterocycles. The molecule has 2 aromatic rings. The van der Waals surface area contributed by atoms with E-state index in [0.29, 0.717) is 5.02 Å². The van der Waals surface area contributed by atoms with Gasteiger partial charge in [-0.1, -0.05) is 17.7 Å². The summed E-state index contributed by atoms with van der Waals surface area (Å²) in [6.07, 6.45) is 4.80. The first-order chi connectivity index (χ1) is 9.15. The number of aryl methyl sites for hydroxylation is 1. The van der Waals surface area contributed by atoms with Crippen molar-refractivity contribution in [2.24, 2.45) is 0 Å². The maximum Gasteiger partial charge on any atom is 0.248 e. The molecule has 1 aromatic carbocycles. The van der Waals surface area contributed by atoms with E-state index in [-0.39, 0.29) is 5.91 Å². The van der Waals surface area contributed by atoms with E-state index >= 15 is 0 Å². The summed E-state index contributed by atoms with van der Waals surface area (Å²) in [5, 5.41) is 3.45. The summed E-state index contributed by atoms with van der Waals surface area (Å²) in [5.41, 5.74) is 2.41. The molecule has 0 fully saturated rings. The molecule has 0 bridgehead atoms. The molecular weight excluding hydrogens is 260 g/mol. The summed E-state index contributed by atoms with van der Waals surface area (Å²) in [6, 6.07) is 10.9. The van der Waals surface area contributed by atoms with Gasteiger partial charge in [0.15, 0.2) is 0 Å². The summed E-state index contributed by atoms with van der Waals surface area (Å²) < 4.78 is 0. The lowest BCUT2D eigenvalue weighted by molar-refractivity contribution is -0.111. The third-order valence-electron chi connectivity index (χ3n) is 2.54. The second kappa shape index (κ2) is 6.16. The van der Waals surface area contributed by atoms with Gasteiger partial charge in [-0.2, -0.15) is 0 Å². The monoisotopic (exact) mass is 272 g/mol. The van der Waals surface area contributed by atoms with Crippen molar-refractivity contribution >= 4 is 29.3 Å². The number of pyridine rings is 1. The Morgan fingerprint density at radius 2 is 2.16 bits per heavy atom. The summed E-state index contributed by atoms with van der Waals surface area (Å²) in [6.45, 7) is 1.89. The fourth-order valence-electron chi connectivity index (χ4n) is 1.58. The molecule has 0 saturated carbocycles. The van der Waals surface area contributed by atoms with Gasteiger partial charge in [0.05, 0.1) is 5.69 Å². The van der Waals surface area contributed by atoms with Crippen LogP contribution in [0.15, 0.2) is 48.7 Å². The van der Waals surface area contributed by atoms with E-state index in [4.69, 9.17) is 11.6 Å². The Bertz CT molecular complexity index is 609. The van der Waals surface area contributed by atoms with E-state index < -0.39 is 0 Å². The van der Waals surface area contributed by atoms with Crippen LogP contribution in [0.4, 0.5) is 5.69 Å². The van der Waals surface area contributed by atoms with Crippen molar-refractivity contribution in [3.63, 3.8) is 0 Å². The molecule has 96 valence electrons. The van der Waals surface area contributed by atoms with Crippen molar-refractivity contribution in [2.45, 2.75) is 6.92 Å². The van der Waals surface area contributed by atoms with Crippen LogP contribution in [-0.4, -0.2) is 10.9 Å². The van der Waals surface area contributed by atoms with Crippen LogP contribution in [0.5, 0.6) is 0 Å². The van der Waals surface area contributed by atoms with E-state index in [9.17, 15) is 4.79 Å². The summed E-state index contributed by atoms with van der Waals surface area (Å²) in [5.74, 6) is -0.198. The van der Waals surface area contributed by atoms with Gasteiger partial charge >= 0.3 is 0 Å². The number of anilines is 1. The van der Waals surface area contributed by atoms with Crippen LogP contribution in [0.3, 0.4) is 0 Å². The zero-order chi connectivity index (χ0) is 13.7. The molecule has 19 heavy (non-hydrogen) atoms. The maximum absolute atomic E-state index is 11.8. The fourth-order valence-corrected chi connectivity index (χ4v) is 1.80. The number of hydrogen-bond donors (Lipinski definition) is 1. The summed E-state index contributed by atoms with van der Waals surface area (Å²) >= 11 is 5.86. The van der Waals surface area contributed by atoms with Gasteiger partial charge in [-0.3, -0.25) is 9.78 Å². The van der Waals surface area contributed by atoms with Crippen molar-refractivity contribution in [1.29, 1.82) is 0 Å². The molecule has 0 saturated heterocycles. The van der Waals surface area contributed by atoms with Gasteiger partial charge < -0.3 is 5.32 Å². The topological polar surface area (TPSA) is 42.0 Å². The molecule has 0 spiro atoms. The average molecular weight is 273 g/mol. The predicted octanol–water partition coefficient (Wildman–Crippen LogP) is 3.70. The van der Waals surface area contributed by atoms with Gasteiger partial charge in [0, 0.05) is 23.0 Å². The molecule has 2 rings (SSSR count). The minimum atomic E-state index is -0.198. The SMILES string of the molecule is Cc1cc(Cl)ccc1NC(=O)/C=C/c1ccccn1. The van der Waals surface area contributed by atoms with Crippen LogP contribution in [-0.2, 0) is 4.79 Å². The number of rotatable bonds is 3. The van der Waals surface area contributed by atoms with Crippen molar-refractivity contribution in [1.82, 2.24) is 4.98 Å². The van der Waals surface area contributed by atoms with Crippen molar-refractivity contribution in [2.75, 3.05) is 5.32 Å². The molecule has 0 unspecified atom stereocenters. The molecule has 1 heterocycles. The van der Waals surface area contributed by atoms with Gasteiger partial charge in [0.1, 0.15) is 0 Å². The molecule has 0 atom stereocenters. The lowest BCUT2D eigenvalue weighted by Crippen LogP contribution is -2.08. The minimum Gasteiger partial charge on any atom is -0.322 e. The maximum atomic E-state index is 11.8. The third-order valence-corrected chi connectivity index (χ3v) is 2.77. The van der Waals surface area contributed by atoms with Gasteiger partial charge in [-0.15, -0.1) is 0 Å². The van der Waals surface area contributed by atoms with Crippen LogP contribution in [0.1, 0.15) is 11.3 Å². The number of carbonyl (C=O) groups is 1. The normalized spacial score (nSPS) is 10.6. The molecule has 0 aliphatic carbocycles. The second-order valence-corrected chi connectivity index (χ2v) is 4.47. The molecule has 0 aliphatic rings. The highest BCUT2D eigenvalue weighted by Gasteiger charge is 2.02. The van der Waals surface area contributed by atoms with E-state index in [1.54, 1.807) is 30.5 Å². The van der Waals surface area contributed by atoms with Crippen molar-refractivity contribution < 1.29 is 4.79 Å². The predicted molar refractivity (Wildman–Crippen MR) is 78.1 cm³/mol. The van der Waals surface area contributed by atoms with E-state index in [1.165, 1.54) is 6.08 Å². The number of benzene rings is 1. The third kappa shape index (κ3) is 3.93. The van der Waals surface area contributed by atoms with Gasteiger partial charge in [0.2, 0.25) is 5.91 Å². The largest absolute Gasteiger partial charge is 0.322 e. The smallest absolute Gasteiger partial charge is 0.248 e. The summed E-state index contributed by atoms with van der Waals surface area (Å²) in [4.78, 5) is 15.9. The number of nitrogens with zero attached hydrogens (tertiary/aromatic N) is 1. The van der Waals surface area contributed by atoms with Crippen molar-refractivity contribution in [3.8, 4) is 0 Å². The van der Waals surface area contributed by atoms with Gasteiger partial charge in [0.25, 0.3) is 0 Å². The second-order valence-electron chi connectivity index (χ2n) is 4.04. The molecule has 1 N–H and O–H groups in total. The van der Waals surface area contributed by atoms with Gasteiger partial charge in [-0.05, 0) is 48.9 Å². The van der Waals surface area contributed by atoms with Crippen LogP contribution in [0.2, 0.25) is 5.02 Å². The van der Waals surface area contributed by atoms with Crippen LogP contribution in [0, 0.1) is 6.92 Å². The average Bonchev–Trinajstić information content (AvgIpc) is 2.41. The Hall–Kier alpha value is -2.13. The molecule has 3 nitrogen and oxygen atoms in total. The zero-order valence-electron chi connectivity index (χ0n) is 10.4. The van der Waals surface area contributed by atoms with E-state index in [0.717, 1.165) is 16.9 Å². The van der Waals surface area contributed by atoms with Crippen LogP contribution in [0.25, 0.3) is 6.08 Å². The lowest BCUT2D eigenvalue weighted by atomic mass is 10.2. The molecule has 0 radical (unpaired) electrons. The highest BCUT2D eigenvalue weighted by Crippen LogP contribution is 2.19. The highest BCUT2D eigenvalue weighted by molar-refractivity contribution is 6.30. The number of aromatic nitrogens is 1. The zero-order valence-corrected chi connectivity index (χ0v) is 11.2. The van der Waals surface area contributed by atoms with E-state index in [2.05, 4.69) is 10.3 Å². The Labute approximate surface area is 116 Å². The van der Waals surface area contributed by atoms with Crippen molar-refractivity contribution in [3.05, 3.63) is 65.0 Å². The van der Waals surface area contributed by atoms with E-state index in [1.807, 2.05) is 25.1 Å². The fraction of sp³-hybridized carbons (Fsp3) is 0.0667. The summed E-state index contributed by atoms with van der Waals surface area (Å²) in [7, 11) is 0. The lowest BCUT2D eigenvalue weighted by Gasteiger charge is -2.06. The van der Waals surface area contributed by atoms with Crippen LogP contribution < -0.4 is 5.32 Å². The standard InChI is InChI=1S/C15H13ClN2O/c1-11-10-12(16)5-7-14(11)18-15(19)8-6-13-4-2-3-9-17-13/h2-10H,1H3,(H,18,19)/b8-6+. The Kier molecular flexibility index (Phi) is 4.31. The first kappa shape index (κ1) is 13.3. The first-order valence-electron chi connectivity index (χ1n) is 5.81. The number of amides is 1. The molecule has 4 heteroatoms. The van der Waals surface area contributed by atoms with Crippen LogP contribution >= 0.6 is 11.6 Å². The first-order valence-corrected chi connectivity index (χ1v) is 6.19. The number of halogens is 1. The molecule has 1 aromatic heterocycles. The number of hydrogen-bond acceptors (Lipinski definition) is 2. The Balaban J connectivity index is 2.04. The molecule has 1 amide bonds. The quantitative estimate of drug-likeness (QED) is 0.866.